The predicted molar refractivity (Wildman–Crippen MR) is 123 cm³/mol. The zero-order valence-corrected chi connectivity index (χ0v) is 16.8. The fourth-order valence-corrected chi connectivity index (χ4v) is 3.71. The summed E-state index contributed by atoms with van der Waals surface area (Å²) in [7, 11) is 0. The molecule has 4 aromatic carbocycles. The Bertz CT molecular complexity index is 1320. The van der Waals surface area contributed by atoms with Crippen molar-refractivity contribution in [3.63, 3.8) is 0 Å². The molecule has 0 spiro atoms. The summed E-state index contributed by atoms with van der Waals surface area (Å²) in [6.07, 6.45) is -0.450. The molecule has 31 heavy (non-hydrogen) atoms. The van der Waals surface area contributed by atoms with Crippen molar-refractivity contribution in [1.82, 2.24) is 0 Å². The monoisotopic (exact) mass is 404 g/mol. The minimum atomic E-state index is -0.450. The average Bonchev–Trinajstić information content (AvgIpc) is 2.85. The highest BCUT2D eigenvalue weighted by Gasteiger charge is 2.23. The molecule has 0 aliphatic heterocycles. The standard InChI is InChI=1S/C28H20O3/c29-25-23-18-10-11-19-24(23)30-27(22-16-8-3-9-17-22)28(25)31-26(20-12-4-1-5-13-20)21-14-6-2-7-15-21/h1-19,26H. The molecule has 150 valence electrons. The van der Waals surface area contributed by atoms with Gasteiger partial charge in [0.1, 0.15) is 11.7 Å². The summed E-state index contributed by atoms with van der Waals surface area (Å²) in [6.45, 7) is 0. The molecule has 0 fully saturated rings. The summed E-state index contributed by atoms with van der Waals surface area (Å²) < 4.78 is 12.7. The third-order valence-electron chi connectivity index (χ3n) is 5.23. The van der Waals surface area contributed by atoms with Gasteiger partial charge in [0.15, 0.2) is 5.76 Å². The summed E-state index contributed by atoms with van der Waals surface area (Å²) in [5, 5.41) is 0.497. The van der Waals surface area contributed by atoms with Crippen LogP contribution in [0.1, 0.15) is 17.2 Å². The van der Waals surface area contributed by atoms with Gasteiger partial charge in [-0.25, -0.2) is 0 Å². The van der Waals surface area contributed by atoms with E-state index in [1.54, 1.807) is 12.1 Å². The molecule has 0 bridgehead atoms. The predicted octanol–water partition coefficient (Wildman–Crippen LogP) is 6.63. The van der Waals surface area contributed by atoms with Gasteiger partial charge in [-0.1, -0.05) is 103 Å². The van der Waals surface area contributed by atoms with Crippen LogP contribution in [0.5, 0.6) is 5.75 Å². The van der Waals surface area contributed by atoms with E-state index < -0.39 is 6.10 Å². The molecule has 0 N–H and O–H groups in total. The zero-order chi connectivity index (χ0) is 21.0. The largest absolute Gasteiger partial charge is 0.473 e. The van der Waals surface area contributed by atoms with E-state index >= 15 is 0 Å². The lowest BCUT2D eigenvalue weighted by Gasteiger charge is -2.21. The van der Waals surface area contributed by atoms with Crippen molar-refractivity contribution in [2.24, 2.45) is 0 Å². The lowest BCUT2D eigenvalue weighted by atomic mass is 10.0. The van der Waals surface area contributed by atoms with Crippen LogP contribution in [0.4, 0.5) is 0 Å². The average molecular weight is 404 g/mol. The molecule has 3 nitrogen and oxygen atoms in total. The van der Waals surface area contributed by atoms with Crippen molar-refractivity contribution in [3.8, 4) is 17.1 Å². The normalized spacial score (nSPS) is 11.0. The molecule has 0 unspecified atom stereocenters. The van der Waals surface area contributed by atoms with Gasteiger partial charge >= 0.3 is 0 Å². The number of fused-ring (bicyclic) bond motifs is 1. The Hall–Kier alpha value is -4.11. The van der Waals surface area contributed by atoms with E-state index in [0.717, 1.165) is 16.7 Å². The fraction of sp³-hybridized carbons (Fsp3) is 0.0357. The Morgan fingerprint density at radius 3 is 1.74 bits per heavy atom. The molecular weight excluding hydrogens is 384 g/mol. The van der Waals surface area contributed by atoms with Crippen LogP contribution < -0.4 is 10.2 Å². The molecule has 1 aromatic heterocycles. The molecule has 0 saturated heterocycles. The van der Waals surface area contributed by atoms with E-state index in [9.17, 15) is 4.79 Å². The lowest BCUT2D eigenvalue weighted by molar-refractivity contribution is 0.241. The van der Waals surface area contributed by atoms with Gasteiger partial charge in [0, 0.05) is 5.56 Å². The van der Waals surface area contributed by atoms with Crippen molar-refractivity contribution in [2.75, 3.05) is 0 Å². The molecule has 0 aliphatic carbocycles. The third kappa shape index (κ3) is 3.74. The first kappa shape index (κ1) is 18.9. The van der Waals surface area contributed by atoms with Crippen molar-refractivity contribution in [2.45, 2.75) is 6.10 Å². The molecule has 5 rings (SSSR count). The Labute approximate surface area is 180 Å². The van der Waals surface area contributed by atoms with E-state index in [0.29, 0.717) is 16.7 Å². The number of para-hydroxylation sites is 1. The van der Waals surface area contributed by atoms with Gasteiger partial charge in [0.2, 0.25) is 11.2 Å². The van der Waals surface area contributed by atoms with Crippen molar-refractivity contribution in [3.05, 3.63) is 137 Å². The molecule has 3 heteroatoms. The molecular formula is C28H20O3. The summed E-state index contributed by atoms with van der Waals surface area (Å²) in [6, 6.07) is 36.7. The van der Waals surface area contributed by atoms with Crippen molar-refractivity contribution >= 4 is 11.0 Å². The molecule has 1 heterocycles. The minimum absolute atomic E-state index is 0.183. The van der Waals surface area contributed by atoms with Gasteiger partial charge in [-0.15, -0.1) is 0 Å². The summed E-state index contributed by atoms with van der Waals surface area (Å²) >= 11 is 0. The molecule has 0 atom stereocenters. The van der Waals surface area contributed by atoms with Crippen LogP contribution in [0.3, 0.4) is 0 Å². The van der Waals surface area contributed by atoms with Crippen LogP contribution in [0.2, 0.25) is 0 Å². The van der Waals surface area contributed by atoms with Gasteiger partial charge in [0.25, 0.3) is 0 Å². The van der Waals surface area contributed by atoms with Crippen LogP contribution in [0, 0.1) is 0 Å². The highest BCUT2D eigenvalue weighted by molar-refractivity contribution is 5.82. The second-order valence-corrected chi connectivity index (χ2v) is 7.27. The molecule has 5 aromatic rings. The number of benzene rings is 4. The molecule has 0 saturated carbocycles. The van der Waals surface area contributed by atoms with Gasteiger partial charge in [-0.05, 0) is 23.3 Å². The highest BCUT2D eigenvalue weighted by atomic mass is 16.5. The first-order valence-corrected chi connectivity index (χ1v) is 10.2. The summed E-state index contributed by atoms with van der Waals surface area (Å²) in [5.41, 5.74) is 3.06. The Morgan fingerprint density at radius 1 is 0.613 bits per heavy atom. The topological polar surface area (TPSA) is 39.4 Å². The number of rotatable bonds is 5. The van der Waals surface area contributed by atoms with Crippen molar-refractivity contribution in [1.29, 1.82) is 0 Å². The van der Waals surface area contributed by atoms with E-state index in [-0.39, 0.29) is 11.2 Å². The number of hydrogen-bond acceptors (Lipinski definition) is 3. The maximum atomic E-state index is 13.5. The summed E-state index contributed by atoms with van der Waals surface area (Å²) in [4.78, 5) is 13.5. The Kier molecular flexibility index (Phi) is 5.07. The van der Waals surface area contributed by atoms with E-state index in [1.807, 2.05) is 103 Å². The van der Waals surface area contributed by atoms with E-state index in [1.165, 1.54) is 0 Å². The van der Waals surface area contributed by atoms with Crippen LogP contribution in [-0.2, 0) is 0 Å². The lowest BCUT2D eigenvalue weighted by Crippen LogP contribution is -2.16. The van der Waals surface area contributed by atoms with Crippen LogP contribution >= 0.6 is 0 Å². The number of hydrogen-bond donors (Lipinski definition) is 0. The quantitative estimate of drug-likeness (QED) is 0.330. The first-order chi connectivity index (χ1) is 15.3. The number of ether oxygens (including phenoxy) is 1. The van der Waals surface area contributed by atoms with Gasteiger partial charge in [0.05, 0.1) is 5.39 Å². The minimum Gasteiger partial charge on any atom is -0.473 e. The zero-order valence-electron chi connectivity index (χ0n) is 16.8. The Balaban J connectivity index is 1.73. The smallest absolute Gasteiger partial charge is 0.235 e. The molecule has 0 aliphatic rings. The molecule has 0 radical (unpaired) electrons. The fourth-order valence-electron chi connectivity index (χ4n) is 3.71. The first-order valence-electron chi connectivity index (χ1n) is 10.2. The summed E-state index contributed by atoms with van der Waals surface area (Å²) in [5.74, 6) is 0.642. The van der Waals surface area contributed by atoms with Crippen LogP contribution in [0.15, 0.2) is 124 Å². The van der Waals surface area contributed by atoms with Gasteiger partial charge in [-0.2, -0.15) is 0 Å². The SMILES string of the molecule is O=c1c(OC(c2ccccc2)c2ccccc2)c(-c2ccccc2)oc2ccccc12. The second kappa shape index (κ2) is 8.33. The van der Waals surface area contributed by atoms with Crippen molar-refractivity contribution < 1.29 is 9.15 Å². The van der Waals surface area contributed by atoms with Crippen LogP contribution in [-0.4, -0.2) is 0 Å². The molecule has 0 amide bonds. The van der Waals surface area contributed by atoms with E-state index in [2.05, 4.69) is 0 Å². The van der Waals surface area contributed by atoms with E-state index in [4.69, 9.17) is 9.15 Å². The Morgan fingerprint density at radius 2 is 1.13 bits per heavy atom. The van der Waals surface area contributed by atoms with Gasteiger partial charge in [-0.3, -0.25) is 4.79 Å². The van der Waals surface area contributed by atoms with Gasteiger partial charge < -0.3 is 9.15 Å². The van der Waals surface area contributed by atoms with Crippen LogP contribution in [0.25, 0.3) is 22.3 Å². The second-order valence-electron chi connectivity index (χ2n) is 7.27. The maximum Gasteiger partial charge on any atom is 0.235 e. The highest BCUT2D eigenvalue weighted by Crippen LogP contribution is 2.35. The maximum absolute atomic E-state index is 13.5. The third-order valence-corrected chi connectivity index (χ3v) is 5.23.